The normalized spacial score (nSPS) is 11.0. The first-order valence-electron chi connectivity index (χ1n) is 9.03. The third-order valence-corrected chi connectivity index (χ3v) is 4.87. The molecule has 3 aromatic rings. The van der Waals surface area contributed by atoms with E-state index in [1.807, 2.05) is 24.3 Å². The summed E-state index contributed by atoms with van der Waals surface area (Å²) in [6.07, 6.45) is 2.69. The van der Waals surface area contributed by atoms with Crippen LogP contribution in [-0.4, -0.2) is 17.3 Å². The number of rotatable bonds is 7. The molecular formula is C23H19Cl2NO3. The van der Waals surface area contributed by atoms with Gasteiger partial charge in [-0.25, -0.2) is 4.79 Å². The van der Waals surface area contributed by atoms with Crippen LogP contribution in [0.25, 0.3) is 0 Å². The molecule has 0 unspecified atom stereocenters. The van der Waals surface area contributed by atoms with E-state index in [4.69, 9.17) is 33.0 Å². The highest BCUT2D eigenvalue weighted by molar-refractivity contribution is 6.37. The molecule has 0 aliphatic carbocycles. The van der Waals surface area contributed by atoms with Gasteiger partial charge in [0.25, 0.3) is 0 Å². The zero-order chi connectivity index (χ0) is 20.8. The van der Waals surface area contributed by atoms with Crippen molar-refractivity contribution in [1.82, 2.24) is 0 Å². The van der Waals surface area contributed by atoms with Crippen LogP contribution < -0.4 is 4.74 Å². The second kappa shape index (κ2) is 9.59. The van der Waals surface area contributed by atoms with E-state index in [-0.39, 0.29) is 12.2 Å². The summed E-state index contributed by atoms with van der Waals surface area (Å²) in [5.74, 6) is -0.595. The highest BCUT2D eigenvalue weighted by atomic mass is 35.5. The largest absolute Gasteiger partial charge is 0.486 e. The number of carbonyl (C=O) groups is 1. The molecule has 0 bridgehead atoms. The van der Waals surface area contributed by atoms with E-state index in [9.17, 15) is 4.79 Å². The van der Waals surface area contributed by atoms with Crippen LogP contribution in [-0.2, 0) is 13.0 Å². The average molecular weight is 428 g/mol. The lowest BCUT2D eigenvalue weighted by molar-refractivity contribution is 0.0697. The Bertz CT molecular complexity index is 1010. The maximum absolute atomic E-state index is 10.9. The van der Waals surface area contributed by atoms with Crippen LogP contribution in [0.5, 0.6) is 5.75 Å². The first-order chi connectivity index (χ1) is 14.0. The quantitative estimate of drug-likeness (QED) is 0.432. The summed E-state index contributed by atoms with van der Waals surface area (Å²) in [6, 6.07) is 17.9. The van der Waals surface area contributed by atoms with Gasteiger partial charge in [-0.3, -0.25) is 4.99 Å². The Balaban J connectivity index is 1.69. The maximum Gasteiger partial charge on any atom is 0.335 e. The molecule has 148 valence electrons. The van der Waals surface area contributed by atoms with Crippen molar-refractivity contribution < 1.29 is 14.6 Å². The number of halogens is 2. The van der Waals surface area contributed by atoms with E-state index in [0.29, 0.717) is 15.8 Å². The van der Waals surface area contributed by atoms with Crippen LogP contribution in [0.15, 0.2) is 65.7 Å². The van der Waals surface area contributed by atoms with Gasteiger partial charge in [-0.1, -0.05) is 54.4 Å². The number of benzene rings is 3. The Morgan fingerprint density at radius 2 is 1.59 bits per heavy atom. The number of aliphatic imine (C=N–C) groups is 1. The molecule has 0 aromatic heterocycles. The molecule has 0 saturated carbocycles. The van der Waals surface area contributed by atoms with Gasteiger partial charge in [0.1, 0.15) is 6.61 Å². The van der Waals surface area contributed by atoms with Gasteiger partial charge in [-0.05, 0) is 59.5 Å². The number of carboxylic acid groups (broad SMARTS) is 1. The minimum atomic E-state index is -0.970. The molecule has 0 spiro atoms. The summed E-state index contributed by atoms with van der Waals surface area (Å²) >= 11 is 12.7. The molecule has 0 fully saturated rings. The van der Waals surface area contributed by atoms with Crippen molar-refractivity contribution in [2.45, 2.75) is 20.0 Å². The van der Waals surface area contributed by atoms with Crippen LogP contribution in [0, 0.1) is 0 Å². The molecule has 1 N–H and O–H groups in total. The molecule has 0 aliphatic heterocycles. The molecule has 29 heavy (non-hydrogen) atoms. The maximum atomic E-state index is 10.9. The molecule has 0 amide bonds. The Kier molecular flexibility index (Phi) is 6.91. The Morgan fingerprint density at radius 3 is 2.14 bits per heavy atom. The van der Waals surface area contributed by atoms with E-state index in [1.54, 1.807) is 30.5 Å². The molecule has 0 aliphatic rings. The number of carboxylic acids is 1. The van der Waals surface area contributed by atoms with Crippen LogP contribution in [0.3, 0.4) is 0 Å². The lowest BCUT2D eigenvalue weighted by atomic mass is 10.1. The van der Waals surface area contributed by atoms with Gasteiger partial charge in [-0.2, -0.15) is 0 Å². The predicted octanol–water partition coefficient (Wildman–Crippen LogP) is 6.58. The second-order valence-electron chi connectivity index (χ2n) is 6.38. The highest BCUT2D eigenvalue weighted by Gasteiger charge is 2.10. The SMILES string of the molecule is CCc1ccc(N=Cc2cc(Cl)c(OCc3ccc(C(=O)O)cc3)c(Cl)c2)cc1. The fraction of sp³-hybridized carbons (Fsp3) is 0.130. The number of aryl methyl sites for hydroxylation is 1. The van der Waals surface area contributed by atoms with Crippen molar-refractivity contribution in [3.63, 3.8) is 0 Å². The van der Waals surface area contributed by atoms with Crippen molar-refractivity contribution in [2.75, 3.05) is 0 Å². The van der Waals surface area contributed by atoms with E-state index >= 15 is 0 Å². The van der Waals surface area contributed by atoms with Gasteiger partial charge < -0.3 is 9.84 Å². The van der Waals surface area contributed by atoms with Gasteiger partial charge in [0, 0.05) is 6.21 Å². The minimum Gasteiger partial charge on any atom is -0.486 e. The van der Waals surface area contributed by atoms with Crippen molar-refractivity contribution in [3.05, 3.63) is 93.0 Å². The van der Waals surface area contributed by atoms with E-state index in [1.165, 1.54) is 17.7 Å². The summed E-state index contributed by atoms with van der Waals surface area (Å²) in [4.78, 5) is 15.4. The van der Waals surface area contributed by atoms with Gasteiger partial charge in [0.15, 0.2) is 5.75 Å². The Hall–Kier alpha value is -2.82. The number of aromatic carboxylic acids is 1. The van der Waals surface area contributed by atoms with Crippen molar-refractivity contribution >= 4 is 41.1 Å². The molecule has 4 nitrogen and oxygen atoms in total. The van der Waals surface area contributed by atoms with Crippen molar-refractivity contribution in [3.8, 4) is 5.75 Å². The van der Waals surface area contributed by atoms with E-state index in [0.717, 1.165) is 23.2 Å². The Labute approximate surface area is 179 Å². The van der Waals surface area contributed by atoms with Crippen LogP contribution in [0.4, 0.5) is 5.69 Å². The lowest BCUT2D eigenvalue weighted by Gasteiger charge is -2.11. The minimum absolute atomic E-state index is 0.219. The van der Waals surface area contributed by atoms with Gasteiger partial charge in [0.2, 0.25) is 0 Å². The van der Waals surface area contributed by atoms with Crippen LogP contribution in [0.2, 0.25) is 10.0 Å². The third-order valence-electron chi connectivity index (χ3n) is 4.31. The first kappa shape index (κ1) is 20.9. The molecule has 6 heteroatoms. The molecule has 0 radical (unpaired) electrons. The highest BCUT2D eigenvalue weighted by Crippen LogP contribution is 2.34. The molecule has 0 saturated heterocycles. The number of ether oxygens (including phenoxy) is 1. The molecule has 0 atom stereocenters. The smallest absolute Gasteiger partial charge is 0.335 e. The van der Waals surface area contributed by atoms with Crippen LogP contribution >= 0.6 is 23.2 Å². The number of hydrogen-bond donors (Lipinski definition) is 1. The lowest BCUT2D eigenvalue weighted by Crippen LogP contribution is -2.00. The van der Waals surface area contributed by atoms with E-state index in [2.05, 4.69) is 11.9 Å². The molecule has 3 rings (SSSR count). The van der Waals surface area contributed by atoms with Crippen molar-refractivity contribution in [2.24, 2.45) is 4.99 Å². The summed E-state index contributed by atoms with van der Waals surface area (Å²) in [5.41, 5.74) is 3.90. The summed E-state index contributed by atoms with van der Waals surface area (Å²) in [5, 5.41) is 9.70. The Morgan fingerprint density at radius 1 is 1.00 bits per heavy atom. The average Bonchev–Trinajstić information content (AvgIpc) is 2.72. The summed E-state index contributed by atoms with van der Waals surface area (Å²) in [6.45, 7) is 2.33. The molecule has 0 heterocycles. The first-order valence-corrected chi connectivity index (χ1v) is 9.79. The molecular weight excluding hydrogens is 409 g/mol. The zero-order valence-corrected chi connectivity index (χ0v) is 17.2. The van der Waals surface area contributed by atoms with Gasteiger partial charge in [-0.15, -0.1) is 0 Å². The topological polar surface area (TPSA) is 58.9 Å². The predicted molar refractivity (Wildman–Crippen MR) is 117 cm³/mol. The van der Waals surface area contributed by atoms with E-state index < -0.39 is 5.97 Å². The molecule has 3 aromatic carbocycles. The second-order valence-corrected chi connectivity index (χ2v) is 7.20. The number of hydrogen-bond acceptors (Lipinski definition) is 3. The zero-order valence-electron chi connectivity index (χ0n) is 15.7. The van der Waals surface area contributed by atoms with Crippen molar-refractivity contribution in [1.29, 1.82) is 0 Å². The fourth-order valence-corrected chi connectivity index (χ4v) is 3.27. The fourth-order valence-electron chi connectivity index (χ4n) is 2.66. The summed E-state index contributed by atoms with van der Waals surface area (Å²) in [7, 11) is 0. The summed E-state index contributed by atoms with van der Waals surface area (Å²) < 4.78 is 5.74. The number of nitrogens with zero attached hydrogens (tertiary/aromatic N) is 1. The van der Waals surface area contributed by atoms with Crippen LogP contribution in [0.1, 0.15) is 34.0 Å². The van der Waals surface area contributed by atoms with Gasteiger partial charge in [0.05, 0.1) is 21.3 Å². The third kappa shape index (κ3) is 5.59. The monoisotopic (exact) mass is 427 g/mol. The standard InChI is InChI=1S/C23H19Cl2NO3/c1-2-15-5-9-19(10-6-15)26-13-17-11-20(24)22(21(25)12-17)29-14-16-3-7-18(8-4-16)23(27)28/h3-13H,2,14H2,1H3,(H,27,28). The van der Waals surface area contributed by atoms with Gasteiger partial charge >= 0.3 is 5.97 Å².